The van der Waals surface area contributed by atoms with Crippen molar-refractivity contribution in [1.82, 2.24) is 4.90 Å². The predicted molar refractivity (Wildman–Crippen MR) is 60.7 cm³/mol. The van der Waals surface area contributed by atoms with Crippen LogP contribution in [0.4, 0.5) is 0 Å². The second-order valence-corrected chi connectivity index (χ2v) is 5.58. The molecule has 2 aliphatic rings. The van der Waals surface area contributed by atoms with Gasteiger partial charge in [0, 0.05) is 12.5 Å². The molecule has 0 aromatic rings. The highest BCUT2D eigenvalue weighted by molar-refractivity contribution is 7.99. The van der Waals surface area contributed by atoms with E-state index in [-0.39, 0.29) is 6.04 Å². The van der Waals surface area contributed by atoms with Crippen molar-refractivity contribution in [3.05, 3.63) is 0 Å². The number of likely N-dealkylation sites (tertiary alicyclic amines) is 1. The lowest BCUT2D eigenvalue weighted by atomic mass is 9.97. The molecule has 2 rings (SSSR count). The molecule has 2 nitrogen and oxygen atoms in total. The number of rotatable bonds is 2. The normalized spacial score (nSPS) is 38.3. The van der Waals surface area contributed by atoms with E-state index >= 15 is 0 Å². The highest BCUT2D eigenvalue weighted by Crippen LogP contribution is 2.37. The van der Waals surface area contributed by atoms with Gasteiger partial charge in [-0.05, 0) is 37.3 Å². The van der Waals surface area contributed by atoms with Crippen LogP contribution < -0.4 is 0 Å². The Morgan fingerprint density at radius 2 is 2.36 bits per heavy atom. The lowest BCUT2D eigenvalue weighted by Gasteiger charge is -2.30. The van der Waals surface area contributed by atoms with Crippen LogP contribution in [0.15, 0.2) is 0 Å². The first-order valence-corrected chi connectivity index (χ1v) is 6.72. The van der Waals surface area contributed by atoms with Crippen LogP contribution in [0.5, 0.6) is 0 Å². The minimum atomic E-state index is 0.230. The van der Waals surface area contributed by atoms with Gasteiger partial charge in [-0.2, -0.15) is 11.8 Å². The fraction of sp³-hybridized carbons (Fsp3) is 0.909. The number of carbonyl (C=O) groups is 1. The van der Waals surface area contributed by atoms with Crippen molar-refractivity contribution in [2.75, 3.05) is 18.6 Å². The van der Waals surface area contributed by atoms with Crippen LogP contribution in [0.3, 0.4) is 0 Å². The van der Waals surface area contributed by atoms with Crippen LogP contribution in [-0.2, 0) is 4.79 Å². The molecule has 80 valence electrons. The Bertz CT molecular complexity index is 231. The van der Waals surface area contributed by atoms with Gasteiger partial charge in [0.25, 0.3) is 0 Å². The lowest BCUT2D eigenvalue weighted by Crippen LogP contribution is -2.39. The van der Waals surface area contributed by atoms with Crippen molar-refractivity contribution >= 4 is 17.5 Å². The first-order chi connectivity index (χ1) is 6.74. The summed E-state index contributed by atoms with van der Waals surface area (Å²) >= 11 is 2.06. The molecule has 0 aromatic carbocycles. The lowest BCUT2D eigenvalue weighted by molar-refractivity contribution is -0.123. The third-order valence-electron chi connectivity index (χ3n) is 3.69. The molecule has 2 saturated heterocycles. The molecule has 0 aromatic heterocycles. The van der Waals surface area contributed by atoms with Crippen molar-refractivity contribution in [1.29, 1.82) is 0 Å². The summed E-state index contributed by atoms with van der Waals surface area (Å²) in [7, 11) is 2.14. The van der Waals surface area contributed by atoms with Crippen LogP contribution in [-0.4, -0.2) is 41.3 Å². The fourth-order valence-electron chi connectivity index (χ4n) is 2.83. The molecule has 3 unspecified atom stereocenters. The first kappa shape index (κ1) is 10.5. The third-order valence-corrected chi connectivity index (χ3v) is 4.88. The van der Waals surface area contributed by atoms with E-state index in [2.05, 4.69) is 23.7 Å². The zero-order valence-corrected chi connectivity index (χ0v) is 9.85. The number of hydrogen-bond acceptors (Lipinski definition) is 3. The van der Waals surface area contributed by atoms with Crippen molar-refractivity contribution in [3.8, 4) is 0 Å². The summed E-state index contributed by atoms with van der Waals surface area (Å²) < 4.78 is 0. The second kappa shape index (κ2) is 4.23. The Morgan fingerprint density at radius 1 is 1.57 bits per heavy atom. The topological polar surface area (TPSA) is 20.3 Å². The predicted octanol–water partition coefficient (Wildman–Crippen LogP) is 1.79. The molecule has 0 radical (unpaired) electrons. The molecular formula is C11H19NOS. The molecule has 2 heterocycles. The highest BCUT2D eigenvalue weighted by atomic mass is 32.2. The van der Waals surface area contributed by atoms with E-state index in [1.807, 2.05) is 6.92 Å². The van der Waals surface area contributed by atoms with Gasteiger partial charge in [-0.1, -0.05) is 6.92 Å². The number of ketones is 1. The average molecular weight is 213 g/mol. The number of Topliss-reactive ketones (excluding diaryl/α,β-unsaturated/α-hetero) is 1. The van der Waals surface area contributed by atoms with Crippen LogP contribution >= 0.6 is 11.8 Å². The van der Waals surface area contributed by atoms with Gasteiger partial charge < -0.3 is 0 Å². The zero-order valence-electron chi connectivity index (χ0n) is 9.03. The van der Waals surface area contributed by atoms with Gasteiger partial charge in [-0.3, -0.25) is 9.69 Å². The van der Waals surface area contributed by atoms with E-state index in [0.717, 1.165) is 12.3 Å². The molecular weight excluding hydrogens is 194 g/mol. The van der Waals surface area contributed by atoms with Gasteiger partial charge >= 0.3 is 0 Å². The summed E-state index contributed by atoms with van der Waals surface area (Å²) in [6, 6.07) is 0.922. The van der Waals surface area contributed by atoms with Crippen molar-refractivity contribution in [2.45, 2.75) is 38.3 Å². The molecule has 0 spiro atoms. The number of carbonyl (C=O) groups excluding carboxylic acids is 1. The highest BCUT2D eigenvalue weighted by Gasteiger charge is 2.42. The minimum Gasteiger partial charge on any atom is -0.298 e. The van der Waals surface area contributed by atoms with Gasteiger partial charge in [0.2, 0.25) is 0 Å². The monoisotopic (exact) mass is 213 g/mol. The number of fused-ring (bicyclic) bond motifs is 1. The molecule has 2 fully saturated rings. The zero-order chi connectivity index (χ0) is 10.1. The second-order valence-electron chi connectivity index (χ2n) is 4.43. The summed E-state index contributed by atoms with van der Waals surface area (Å²) in [4.78, 5) is 14.1. The standard InChI is InChI=1S/C11H19NOS/c1-3-11(13)10-6-8-7-14-5-4-9(8)12(10)2/h8-10H,3-7H2,1-2H3. The van der Waals surface area contributed by atoms with E-state index in [1.54, 1.807) is 0 Å². The van der Waals surface area contributed by atoms with Crippen LogP contribution in [0.25, 0.3) is 0 Å². The average Bonchev–Trinajstić information content (AvgIpc) is 2.56. The minimum absolute atomic E-state index is 0.230. The van der Waals surface area contributed by atoms with Crippen LogP contribution in [0, 0.1) is 5.92 Å². The largest absolute Gasteiger partial charge is 0.298 e. The number of likely N-dealkylation sites (N-methyl/N-ethyl adjacent to an activating group) is 1. The van der Waals surface area contributed by atoms with E-state index in [0.29, 0.717) is 18.2 Å². The Hall–Kier alpha value is -0.0200. The Kier molecular flexibility index (Phi) is 3.17. The van der Waals surface area contributed by atoms with Gasteiger partial charge in [0.1, 0.15) is 5.78 Å². The van der Waals surface area contributed by atoms with E-state index in [4.69, 9.17) is 0 Å². The summed E-state index contributed by atoms with van der Waals surface area (Å²) in [6.45, 7) is 1.98. The third kappa shape index (κ3) is 1.72. The molecule has 0 saturated carbocycles. The van der Waals surface area contributed by atoms with Crippen LogP contribution in [0.1, 0.15) is 26.2 Å². The maximum atomic E-state index is 11.7. The van der Waals surface area contributed by atoms with Crippen LogP contribution in [0.2, 0.25) is 0 Å². The van der Waals surface area contributed by atoms with E-state index in [1.165, 1.54) is 17.9 Å². The summed E-state index contributed by atoms with van der Waals surface area (Å²) in [5, 5.41) is 0. The molecule has 0 N–H and O–H groups in total. The quantitative estimate of drug-likeness (QED) is 0.697. The molecule has 14 heavy (non-hydrogen) atoms. The molecule has 0 aliphatic carbocycles. The van der Waals surface area contributed by atoms with Gasteiger partial charge in [0.05, 0.1) is 6.04 Å². The van der Waals surface area contributed by atoms with Crippen molar-refractivity contribution in [2.24, 2.45) is 5.92 Å². The molecule has 0 amide bonds. The number of thioether (sulfide) groups is 1. The summed E-state index contributed by atoms with van der Waals surface area (Å²) in [5.41, 5.74) is 0. The number of hydrogen-bond donors (Lipinski definition) is 0. The van der Waals surface area contributed by atoms with Crippen molar-refractivity contribution < 1.29 is 4.79 Å². The molecule has 3 heteroatoms. The SMILES string of the molecule is CCC(=O)C1CC2CSCCC2N1C. The molecule has 0 bridgehead atoms. The number of nitrogens with zero attached hydrogens (tertiary/aromatic N) is 1. The maximum Gasteiger partial charge on any atom is 0.149 e. The Labute approximate surface area is 90.4 Å². The maximum absolute atomic E-state index is 11.7. The van der Waals surface area contributed by atoms with E-state index < -0.39 is 0 Å². The molecule has 2 aliphatic heterocycles. The summed E-state index contributed by atoms with van der Waals surface area (Å²) in [6.07, 6.45) is 3.09. The smallest absolute Gasteiger partial charge is 0.149 e. The Morgan fingerprint density at radius 3 is 3.00 bits per heavy atom. The fourth-order valence-corrected chi connectivity index (χ4v) is 4.06. The first-order valence-electron chi connectivity index (χ1n) is 5.56. The molecule has 3 atom stereocenters. The van der Waals surface area contributed by atoms with Crippen molar-refractivity contribution in [3.63, 3.8) is 0 Å². The van der Waals surface area contributed by atoms with Gasteiger partial charge in [0.15, 0.2) is 0 Å². The van der Waals surface area contributed by atoms with Gasteiger partial charge in [-0.15, -0.1) is 0 Å². The Balaban J connectivity index is 2.06. The van der Waals surface area contributed by atoms with Gasteiger partial charge in [-0.25, -0.2) is 0 Å². The summed E-state index contributed by atoms with van der Waals surface area (Å²) in [5.74, 6) is 3.76. The van der Waals surface area contributed by atoms with E-state index in [9.17, 15) is 4.79 Å².